The lowest BCUT2D eigenvalue weighted by Crippen LogP contribution is -2.16. The second kappa shape index (κ2) is 5.27. The molecule has 1 atom stereocenters. The van der Waals surface area contributed by atoms with Crippen LogP contribution in [0.15, 0.2) is 23.1 Å². The fourth-order valence-corrected chi connectivity index (χ4v) is 1.78. The first kappa shape index (κ1) is 11.4. The third-order valence-electron chi connectivity index (χ3n) is 2.47. The van der Waals surface area contributed by atoms with E-state index in [-0.39, 0.29) is 0 Å². The zero-order chi connectivity index (χ0) is 10.6. The first-order valence-corrected chi connectivity index (χ1v) is 5.36. The van der Waals surface area contributed by atoms with Crippen molar-refractivity contribution in [3.8, 4) is 0 Å². The molecule has 0 fully saturated rings. The van der Waals surface area contributed by atoms with Crippen LogP contribution in [-0.4, -0.2) is 13.6 Å². The Labute approximate surface area is 91.3 Å². The zero-order valence-corrected chi connectivity index (χ0v) is 9.64. The van der Waals surface area contributed by atoms with E-state index in [9.17, 15) is 0 Å². The molecule has 3 heteroatoms. The van der Waals surface area contributed by atoms with Crippen molar-refractivity contribution in [2.24, 2.45) is 0 Å². The maximum absolute atomic E-state index is 5.71. The van der Waals surface area contributed by atoms with Crippen LogP contribution >= 0.6 is 12.6 Å². The van der Waals surface area contributed by atoms with E-state index in [0.717, 1.165) is 23.5 Å². The lowest BCUT2D eigenvalue weighted by molar-refractivity contribution is 0.611. The Kier molecular flexibility index (Phi) is 4.29. The first-order chi connectivity index (χ1) is 6.69. The van der Waals surface area contributed by atoms with Gasteiger partial charge in [0.25, 0.3) is 0 Å². The second-order valence-corrected chi connectivity index (χ2v) is 3.96. The Morgan fingerprint density at radius 1 is 1.50 bits per heavy atom. The summed E-state index contributed by atoms with van der Waals surface area (Å²) in [6.07, 6.45) is 1.12. The molecular formula is C11H18N2S. The summed E-state index contributed by atoms with van der Waals surface area (Å²) in [6.45, 7) is 3.18. The van der Waals surface area contributed by atoms with Crippen LogP contribution in [0.1, 0.15) is 24.8 Å². The van der Waals surface area contributed by atoms with Crippen molar-refractivity contribution in [1.82, 2.24) is 5.32 Å². The molecule has 0 heterocycles. The number of likely N-dealkylation sites (N-methyl/N-ethyl adjacent to an activating group) is 1. The first-order valence-electron chi connectivity index (χ1n) is 4.92. The highest BCUT2D eigenvalue weighted by molar-refractivity contribution is 7.80. The van der Waals surface area contributed by atoms with Crippen molar-refractivity contribution in [2.75, 3.05) is 19.3 Å². The number of thiol groups is 1. The van der Waals surface area contributed by atoms with E-state index < -0.39 is 0 Å². The highest BCUT2D eigenvalue weighted by Gasteiger charge is 2.08. The van der Waals surface area contributed by atoms with E-state index in [1.54, 1.807) is 0 Å². The third kappa shape index (κ3) is 2.66. The summed E-state index contributed by atoms with van der Waals surface area (Å²) in [5.74, 6) is 0.548. The molecular weight excluding hydrogens is 192 g/mol. The molecule has 0 bridgehead atoms. The molecule has 0 radical (unpaired) electrons. The summed E-state index contributed by atoms with van der Waals surface area (Å²) >= 11 is 4.32. The molecule has 14 heavy (non-hydrogen) atoms. The number of rotatable bonds is 4. The minimum Gasteiger partial charge on any atom is -0.398 e. The molecule has 0 aliphatic rings. The van der Waals surface area contributed by atoms with Gasteiger partial charge in [0.15, 0.2) is 0 Å². The number of anilines is 1. The summed E-state index contributed by atoms with van der Waals surface area (Å²) in [4.78, 5) is 0.872. The van der Waals surface area contributed by atoms with Crippen molar-refractivity contribution in [3.05, 3.63) is 23.8 Å². The largest absolute Gasteiger partial charge is 0.398 e. The van der Waals surface area contributed by atoms with Gasteiger partial charge in [-0.15, -0.1) is 12.6 Å². The Morgan fingerprint density at radius 3 is 2.71 bits per heavy atom. The average Bonchev–Trinajstić information content (AvgIpc) is 2.19. The number of nitrogen functional groups attached to an aromatic ring is 1. The van der Waals surface area contributed by atoms with E-state index in [4.69, 9.17) is 5.73 Å². The van der Waals surface area contributed by atoms with Gasteiger partial charge in [-0.2, -0.15) is 0 Å². The summed E-state index contributed by atoms with van der Waals surface area (Å²) in [5, 5.41) is 3.20. The van der Waals surface area contributed by atoms with E-state index >= 15 is 0 Å². The van der Waals surface area contributed by atoms with Crippen molar-refractivity contribution < 1.29 is 0 Å². The van der Waals surface area contributed by atoms with Gasteiger partial charge in [-0.3, -0.25) is 0 Å². The van der Waals surface area contributed by atoms with Crippen LogP contribution < -0.4 is 11.1 Å². The fraction of sp³-hybridized carbons (Fsp3) is 0.455. The Hall–Kier alpha value is -0.670. The molecule has 0 saturated heterocycles. The van der Waals surface area contributed by atoms with Gasteiger partial charge in [-0.05, 0) is 37.1 Å². The Balaban J connectivity index is 2.88. The molecule has 1 aromatic carbocycles. The normalized spacial score (nSPS) is 12.8. The topological polar surface area (TPSA) is 38.0 Å². The lowest BCUT2D eigenvalue weighted by atomic mass is 9.96. The number of benzene rings is 1. The molecule has 0 spiro atoms. The second-order valence-electron chi connectivity index (χ2n) is 3.48. The maximum atomic E-state index is 5.71. The molecule has 0 aromatic heterocycles. The van der Waals surface area contributed by atoms with Crippen LogP contribution in [0.4, 0.5) is 5.69 Å². The van der Waals surface area contributed by atoms with Crippen molar-refractivity contribution in [1.29, 1.82) is 0 Å². The van der Waals surface area contributed by atoms with Gasteiger partial charge in [0, 0.05) is 17.1 Å². The Morgan fingerprint density at radius 2 is 2.21 bits per heavy atom. The molecule has 3 N–H and O–H groups in total. The SMILES string of the molecule is CCC(CNC)c1ccc(N)c(S)c1. The zero-order valence-electron chi connectivity index (χ0n) is 8.75. The van der Waals surface area contributed by atoms with E-state index in [0.29, 0.717) is 5.92 Å². The average molecular weight is 210 g/mol. The summed E-state index contributed by atoms with van der Waals surface area (Å²) < 4.78 is 0. The monoisotopic (exact) mass is 210 g/mol. The highest BCUT2D eigenvalue weighted by atomic mass is 32.1. The van der Waals surface area contributed by atoms with Crippen LogP contribution in [0.5, 0.6) is 0 Å². The molecule has 78 valence electrons. The smallest absolute Gasteiger partial charge is 0.0449 e. The summed E-state index contributed by atoms with van der Waals surface area (Å²) in [6, 6.07) is 6.07. The lowest BCUT2D eigenvalue weighted by Gasteiger charge is -2.15. The number of hydrogen-bond donors (Lipinski definition) is 3. The van der Waals surface area contributed by atoms with Crippen molar-refractivity contribution in [3.63, 3.8) is 0 Å². The van der Waals surface area contributed by atoms with Gasteiger partial charge in [-0.1, -0.05) is 13.0 Å². The van der Waals surface area contributed by atoms with Gasteiger partial charge in [0.05, 0.1) is 0 Å². The molecule has 0 aliphatic carbocycles. The van der Waals surface area contributed by atoms with Gasteiger partial charge >= 0.3 is 0 Å². The molecule has 0 saturated carbocycles. The van der Waals surface area contributed by atoms with Gasteiger partial charge in [-0.25, -0.2) is 0 Å². The maximum Gasteiger partial charge on any atom is 0.0449 e. The van der Waals surface area contributed by atoms with Gasteiger partial charge in [0.2, 0.25) is 0 Å². The predicted octanol–water partition coefficient (Wildman–Crippen LogP) is 2.27. The molecule has 2 nitrogen and oxygen atoms in total. The molecule has 1 unspecified atom stereocenters. The van der Waals surface area contributed by atoms with Gasteiger partial charge < -0.3 is 11.1 Å². The number of nitrogens with two attached hydrogens (primary N) is 1. The Bertz CT molecular complexity index is 299. The van der Waals surface area contributed by atoms with E-state index in [1.807, 2.05) is 13.1 Å². The van der Waals surface area contributed by atoms with Crippen molar-refractivity contribution in [2.45, 2.75) is 24.2 Å². The standard InChI is InChI=1S/C11H18N2S/c1-3-8(7-13-2)9-4-5-10(12)11(14)6-9/h4-6,8,13-14H,3,7,12H2,1-2H3. The van der Waals surface area contributed by atoms with Crippen LogP contribution in [0.3, 0.4) is 0 Å². The summed E-state index contributed by atoms with van der Waals surface area (Å²) in [5.41, 5.74) is 7.77. The predicted molar refractivity (Wildman–Crippen MR) is 65.1 cm³/mol. The van der Waals surface area contributed by atoms with Crippen LogP contribution in [0.25, 0.3) is 0 Å². The molecule has 0 amide bonds. The molecule has 1 aromatic rings. The van der Waals surface area contributed by atoms with E-state index in [1.165, 1.54) is 5.56 Å². The third-order valence-corrected chi connectivity index (χ3v) is 2.86. The number of hydrogen-bond acceptors (Lipinski definition) is 3. The van der Waals surface area contributed by atoms with Crippen LogP contribution in [0, 0.1) is 0 Å². The summed E-state index contributed by atoms with van der Waals surface area (Å²) in [7, 11) is 1.97. The van der Waals surface area contributed by atoms with Crippen LogP contribution in [0.2, 0.25) is 0 Å². The highest BCUT2D eigenvalue weighted by Crippen LogP contribution is 2.24. The minimum absolute atomic E-state index is 0.548. The molecule has 1 rings (SSSR count). The van der Waals surface area contributed by atoms with E-state index in [2.05, 4.69) is 37.0 Å². The van der Waals surface area contributed by atoms with Gasteiger partial charge in [0.1, 0.15) is 0 Å². The van der Waals surface area contributed by atoms with Crippen LogP contribution in [-0.2, 0) is 0 Å². The van der Waals surface area contributed by atoms with Crippen molar-refractivity contribution >= 4 is 18.3 Å². The fourth-order valence-electron chi connectivity index (χ4n) is 1.56. The quantitative estimate of drug-likeness (QED) is 0.527. The molecule has 0 aliphatic heterocycles. The minimum atomic E-state index is 0.548. The number of nitrogens with one attached hydrogen (secondary N) is 1.